The number of carbonyl (C=O) groups excluding carboxylic acids is 2. The van der Waals surface area contributed by atoms with Gasteiger partial charge in [0.1, 0.15) is 5.75 Å². The van der Waals surface area contributed by atoms with Crippen molar-refractivity contribution in [1.29, 1.82) is 0 Å². The second-order valence-electron chi connectivity index (χ2n) is 3.39. The number of carbonyl (C=O) groups is 2. The molecule has 0 aliphatic heterocycles. The van der Waals surface area contributed by atoms with E-state index in [0.717, 1.165) is 5.56 Å². The molecule has 0 heterocycles. The van der Waals surface area contributed by atoms with Gasteiger partial charge in [-0.05, 0) is 36.8 Å². The van der Waals surface area contributed by atoms with Gasteiger partial charge >= 0.3 is 5.97 Å². The molecule has 5 nitrogen and oxygen atoms in total. The molecule has 0 saturated carbocycles. The first-order valence-electron chi connectivity index (χ1n) is 4.80. The van der Waals surface area contributed by atoms with Crippen LogP contribution in [0.2, 0.25) is 0 Å². The van der Waals surface area contributed by atoms with Crippen LogP contribution in [0.5, 0.6) is 5.75 Å². The molecule has 1 aromatic carbocycles. The number of rotatable bonds is 2. The van der Waals surface area contributed by atoms with Crippen LogP contribution >= 0.6 is 12.2 Å². The van der Waals surface area contributed by atoms with Gasteiger partial charge in [0.25, 0.3) is 5.91 Å². The lowest BCUT2D eigenvalue weighted by Gasteiger charge is -2.08. The Morgan fingerprint density at radius 1 is 1.41 bits per heavy atom. The molecule has 1 rings (SSSR count). The van der Waals surface area contributed by atoms with Gasteiger partial charge in [-0.1, -0.05) is 6.07 Å². The molecular formula is C11H12N2O3S. The highest BCUT2D eigenvalue weighted by Gasteiger charge is 2.10. The van der Waals surface area contributed by atoms with E-state index in [1.165, 1.54) is 13.0 Å². The van der Waals surface area contributed by atoms with Crippen molar-refractivity contribution in [2.24, 2.45) is 5.73 Å². The average molecular weight is 252 g/mol. The fraction of sp³-hybridized carbons (Fsp3) is 0.182. The molecule has 0 aliphatic rings. The molecule has 1 aromatic rings. The maximum atomic E-state index is 11.6. The molecule has 0 unspecified atom stereocenters. The van der Waals surface area contributed by atoms with Crippen LogP contribution in [0, 0.1) is 6.92 Å². The van der Waals surface area contributed by atoms with Crippen molar-refractivity contribution < 1.29 is 14.3 Å². The molecule has 0 aromatic heterocycles. The first-order valence-corrected chi connectivity index (χ1v) is 5.21. The van der Waals surface area contributed by atoms with Crippen molar-refractivity contribution >= 4 is 29.2 Å². The molecule has 0 saturated heterocycles. The van der Waals surface area contributed by atoms with Crippen LogP contribution in [0.4, 0.5) is 0 Å². The topological polar surface area (TPSA) is 81.4 Å². The minimum atomic E-state index is -0.444. The SMILES string of the molecule is CC(=O)Oc1cc(C(=O)NC(N)=S)ccc1C. The third-order valence-corrected chi connectivity index (χ3v) is 2.04. The number of ether oxygens (including phenoxy) is 1. The summed E-state index contributed by atoms with van der Waals surface area (Å²) in [4.78, 5) is 22.4. The van der Waals surface area contributed by atoms with E-state index >= 15 is 0 Å². The Morgan fingerprint density at radius 3 is 2.59 bits per heavy atom. The van der Waals surface area contributed by atoms with Crippen LogP contribution in [-0.4, -0.2) is 17.0 Å². The van der Waals surface area contributed by atoms with Crippen LogP contribution in [-0.2, 0) is 4.79 Å². The minimum absolute atomic E-state index is 0.107. The van der Waals surface area contributed by atoms with Gasteiger partial charge in [-0.25, -0.2) is 0 Å². The van der Waals surface area contributed by atoms with E-state index in [4.69, 9.17) is 10.5 Å². The lowest BCUT2D eigenvalue weighted by Crippen LogP contribution is -2.34. The van der Waals surface area contributed by atoms with Gasteiger partial charge in [-0.3, -0.25) is 14.9 Å². The quantitative estimate of drug-likeness (QED) is 0.464. The summed E-state index contributed by atoms with van der Waals surface area (Å²) in [5, 5.41) is 2.18. The van der Waals surface area contributed by atoms with Crippen molar-refractivity contribution in [3.05, 3.63) is 29.3 Å². The van der Waals surface area contributed by atoms with E-state index in [-0.39, 0.29) is 5.11 Å². The van der Waals surface area contributed by atoms with Crippen molar-refractivity contribution in [3.8, 4) is 5.75 Å². The van der Waals surface area contributed by atoms with Gasteiger partial charge < -0.3 is 10.5 Å². The zero-order valence-electron chi connectivity index (χ0n) is 9.44. The van der Waals surface area contributed by atoms with E-state index in [9.17, 15) is 9.59 Å². The second-order valence-corrected chi connectivity index (χ2v) is 3.83. The molecule has 0 fully saturated rings. The summed E-state index contributed by atoms with van der Waals surface area (Å²) in [6.07, 6.45) is 0. The Hall–Kier alpha value is -1.95. The molecule has 0 aliphatic carbocycles. The van der Waals surface area contributed by atoms with Gasteiger partial charge in [0.2, 0.25) is 0 Å². The number of aryl methyl sites for hydroxylation is 1. The zero-order chi connectivity index (χ0) is 13.0. The van der Waals surface area contributed by atoms with Crippen LogP contribution < -0.4 is 15.8 Å². The number of benzene rings is 1. The summed E-state index contributed by atoms with van der Waals surface area (Å²) >= 11 is 4.56. The van der Waals surface area contributed by atoms with Gasteiger partial charge in [0, 0.05) is 12.5 Å². The number of nitrogens with one attached hydrogen (secondary N) is 1. The normalized spacial score (nSPS) is 9.53. The van der Waals surface area contributed by atoms with Crippen LogP contribution in [0.25, 0.3) is 0 Å². The molecule has 6 heteroatoms. The minimum Gasteiger partial charge on any atom is -0.426 e. The maximum Gasteiger partial charge on any atom is 0.308 e. The van der Waals surface area contributed by atoms with Gasteiger partial charge in [-0.2, -0.15) is 0 Å². The molecule has 3 N–H and O–H groups in total. The first-order chi connectivity index (χ1) is 7.90. The Kier molecular flexibility index (Phi) is 4.17. The lowest BCUT2D eigenvalue weighted by atomic mass is 10.1. The number of hydrogen-bond donors (Lipinski definition) is 2. The van der Waals surface area contributed by atoms with Crippen LogP contribution in [0.3, 0.4) is 0 Å². The van der Waals surface area contributed by atoms with E-state index in [2.05, 4.69) is 17.5 Å². The molecule has 17 heavy (non-hydrogen) atoms. The Morgan fingerprint density at radius 2 is 2.06 bits per heavy atom. The summed E-state index contributed by atoms with van der Waals surface area (Å²) in [7, 11) is 0. The second kappa shape index (κ2) is 5.40. The highest BCUT2D eigenvalue weighted by atomic mass is 32.1. The number of nitrogens with two attached hydrogens (primary N) is 1. The fourth-order valence-electron chi connectivity index (χ4n) is 1.19. The molecule has 0 spiro atoms. The lowest BCUT2D eigenvalue weighted by molar-refractivity contribution is -0.131. The van der Waals surface area contributed by atoms with Gasteiger partial charge in [-0.15, -0.1) is 0 Å². The number of hydrogen-bond acceptors (Lipinski definition) is 4. The predicted octanol–water partition coefficient (Wildman–Crippen LogP) is 0.894. The summed E-state index contributed by atoms with van der Waals surface area (Å²) in [6, 6.07) is 4.73. The van der Waals surface area contributed by atoms with E-state index in [1.807, 2.05) is 0 Å². The summed E-state index contributed by atoms with van der Waals surface area (Å²) in [5.41, 5.74) is 6.27. The van der Waals surface area contributed by atoms with Crippen molar-refractivity contribution in [2.45, 2.75) is 13.8 Å². The standard InChI is InChI=1S/C11H12N2O3S/c1-6-3-4-8(10(15)13-11(12)17)5-9(6)16-7(2)14/h3-5H,1-2H3,(H3,12,13,15,17). The first kappa shape index (κ1) is 13.1. The Labute approximate surface area is 104 Å². The van der Waals surface area contributed by atoms with E-state index in [1.54, 1.807) is 19.1 Å². The van der Waals surface area contributed by atoms with E-state index in [0.29, 0.717) is 11.3 Å². The van der Waals surface area contributed by atoms with Gasteiger partial charge in [0.05, 0.1) is 0 Å². The number of esters is 1. The van der Waals surface area contributed by atoms with Crippen LogP contribution in [0.15, 0.2) is 18.2 Å². The average Bonchev–Trinajstić information content (AvgIpc) is 2.19. The van der Waals surface area contributed by atoms with Crippen molar-refractivity contribution in [3.63, 3.8) is 0 Å². The monoisotopic (exact) mass is 252 g/mol. The number of amides is 1. The smallest absolute Gasteiger partial charge is 0.308 e. The Bertz CT molecular complexity index is 486. The maximum absolute atomic E-state index is 11.6. The molecule has 0 bridgehead atoms. The summed E-state index contributed by atoms with van der Waals surface area (Å²) in [5.74, 6) is -0.543. The zero-order valence-corrected chi connectivity index (χ0v) is 10.3. The summed E-state index contributed by atoms with van der Waals surface area (Å²) < 4.78 is 4.96. The highest BCUT2D eigenvalue weighted by Crippen LogP contribution is 2.19. The molecule has 1 amide bonds. The van der Waals surface area contributed by atoms with Gasteiger partial charge in [0.15, 0.2) is 5.11 Å². The highest BCUT2D eigenvalue weighted by molar-refractivity contribution is 7.80. The largest absolute Gasteiger partial charge is 0.426 e. The van der Waals surface area contributed by atoms with Crippen LogP contribution in [0.1, 0.15) is 22.8 Å². The molecular weight excluding hydrogens is 240 g/mol. The third kappa shape index (κ3) is 3.84. The molecule has 0 atom stereocenters. The third-order valence-electron chi connectivity index (χ3n) is 1.94. The summed E-state index contributed by atoms with van der Waals surface area (Å²) in [6.45, 7) is 3.06. The van der Waals surface area contributed by atoms with Crippen molar-refractivity contribution in [1.82, 2.24) is 5.32 Å². The predicted molar refractivity (Wildman–Crippen MR) is 66.7 cm³/mol. The number of thiocarbonyl (C=S) groups is 1. The fourth-order valence-corrected chi connectivity index (χ4v) is 1.28. The van der Waals surface area contributed by atoms with E-state index < -0.39 is 11.9 Å². The van der Waals surface area contributed by atoms with Crippen molar-refractivity contribution in [2.75, 3.05) is 0 Å². The molecule has 90 valence electrons. The molecule has 0 radical (unpaired) electrons. The Balaban J connectivity index is 2.99.